The number of methoxy groups -OCH3 is 1. The number of benzene rings is 1. The fraction of sp³-hybridized carbons (Fsp3) is 0.467. The van der Waals surface area contributed by atoms with Gasteiger partial charge in [0, 0.05) is 19.2 Å². The Morgan fingerprint density at radius 2 is 2.29 bits per heavy atom. The van der Waals surface area contributed by atoms with Crippen LogP contribution in [0.2, 0.25) is 0 Å². The van der Waals surface area contributed by atoms with E-state index in [0.717, 1.165) is 29.0 Å². The topological polar surface area (TPSA) is 77.5 Å². The molecule has 21 heavy (non-hydrogen) atoms. The molecule has 0 saturated carbocycles. The average Bonchev–Trinajstić information content (AvgIpc) is 2.80. The third-order valence-corrected chi connectivity index (χ3v) is 3.58. The minimum Gasteiger partial charge on any atom is -0.497 e. The lowest BCUT2D eigenvalue weighted by Crippen LogP contribution is -2.38. The quantitative estimate of drug-likeness (QED) is 0.650. The predicted octanol–water partition coefficient (Wildman–Crippen LogP) is 1.78. The highest BCUT2D eigenvalue weighted by atomic mass is 16.5. The Morgan fingerprint density at radius 1 is 1.52 bits per heavy atom. The molecule has 6 nitrogen and oxygen atoms in total. The summed E-state index contributed by atoms with van der Waals surface area (Å²) in [5.74, 6) is 2.12. The molecule has 0 aliphatic carbocycles. The Kier molecular flexibility index (Phi) is 4.67. The van der Waals surface area contributed by atoms with E-state index in [-0.39, 0.29) is 0 Å². The number of hydrogen-bond donors (Lipinski definition) is 2. The van der Waals surface area contributed by atoms with Crippen LogP contribution in [-0.2, 0) is 13.6 Å². The summed E-state index contributed by atoms with van der Waals surface area (Å²) in [6.07, 6.45) is 1.00. The van der Waals surface area contributed by atoms with Gasteiger partial charge in [-0.25, -0.2) is 9.98 Å². The summed E-state index contributed by atoms with van der Waals surface area (Å²) in [7, 11) is 3.63. The van der Waals surface area contributed by atoms with Crippen LogP contribution < -0.4 is 15.8 Å². The van der Waals surface area contributed by atoms with Crippen LogP contribution in [0.25, 0.3) is 11.0 Å². The SMILES string of the molecule is CCC(C)NC(N)=NCc1nc2cc(OC)ccc2n1C. The maximum absolute atomic E-state index is 5.87. The minimum absolute atomic E-state index is 0.318. The standard InChI is InChI=1S/C15H23N5O/c1-5-10(2)18-15(16)17-9-14-19-12-8-11(21-4)6-7-13(12)20(14)3/h6-8,10H,5,9H2,1-4H3,(H3,16,17,18). The van der Waals surface area contributed by atoms with E-state index in [1.165, 1.54) is 0 Å². The van der Waals surface area contributed by atoms with Crippen LogP contribution in [-0.4, -0.2) is 28.7 Å². The zero-order chi connectivity index (χ0) is 15.4. The molecule has 114 valence electrons. The maximum Gasteiger partial charge on any atom is 0.189 e. The number of rotatable bonds is 5. The lowest BCUT2D eigenvalue weighted by Gasteiger charge is -2.11. The molecule has 3 N–H and O–H groups in total. The molecule has 0 fully saturated rings. The Morgan fingerprint density at radius 3 is 2.95 bits per heavy atom. The van der Waals surface area contributed by atoms with Gasteiger partial charge in [0.25, 0.3) is 0 Å². The number of imidazole rings is 1. The summed E-state index contributed by atoms with van der Waals surface area (Å²) in [5, 5.41) is 3.14. The van der Waals surface area contributed by atoms with Crippen molar-refractivity contribution in [3.63, 3.8) is 0 Å². The molecule has 0 aliphatic heterocycles. The average molecular weight is 289 g/mol. The Balaban J connectivity index is 2.19. The van der Waals surface area contributed by atoms with Gasteiger partial charge in [0.2, 0.25) is 0 Å². The van der Waals surface area contributed by atoms with E-state index in [2.05, 4.69) is 29.1 Å². The highest BCUT2D eigenvalue weighted by molar-refractivity contribution is 5.79. The summed E-state index contributed by atoms with van der Waals surface area (Å²) in [6.45, 7) is 4.62. The molecule has 2 rings (SSSR count). The van der Waals surface area contributed by atoms with Crippen LogP contribution >= 0.6 is 0 Å². The lowest BCUT2D eigenvalue weighted by atomic mass is 10.3. The van der Waals surface area contributed by atoms with Gasteiger partial charge in [-0.2, -0.15) is 0 Å². The van der Waals surface area contributed by atoms with Crippen LogP contribution in [0.4, 0.5) is 0 Å². The predicted molar refractivity (Wildman–Crippen MR) is 85.5 cm³/mol. The zero-order valence-corrected chi connectivity index (χ0v) is 13.1. The van der Waals surface area contributed by atoms with Crippen molar-refractivity contribution in [3.05, 3.63) is 24.0 Å². The molecule has 0 saturated heterocycles. The Bertz CT molecular complexity index is 647. The van der Waals surface area contributed by atoms with Crippen LogP contribution in [0, 0.1) is 0 Å². The maximum atomic E-state index is 5.87. The first kappa shape index (κ1) is 15.2. The Hall–Kier alpha value is -2.24. The fourth-order valence-corrected chi connectivity index (χ4v) is 2.05. The lowest BCUT2D eigenvalue weighted by molar-refractivity contribution is 0.415. The van der Waals surface area contributed by atoms with Crippen LogP contribution in [0.1, 0.15) is 26.1 Å². The molecule has 0 spiro atoms. The minimum atomic E-state index is 0.318. The van der Waals surface area contributed by atoms with Crippen molar-refractivity contribution in [2.45, 2.75) is 32.9 Å². The zero-order valence-electron chi connectivity index (χ0n) is 13.1. The number of ether oxygens (including phenoxy) is 1. The largest absolute Gasteiger partial charge is 0.497 e. The van der Waals surface area contributed by atoms with Crippen molar-refractivity contribution in [2.75, 3.05) is 7.11 Å². The highest BCUT2D eigenvalue weighted by Crippen LogP contribution is 2.21. The molecule has 1 atom stereocenters. The second-order valence-electron chi connectivity index (χ2n) is 5.10. The molecule has 1 aromatic heterocycles. The number of guanidine groups is 1. The molecule has 0 bridgehead atoms. The second kappa shape index (κ2) is 6.47. The monoisotopic (exact) mass is 289 g/mol. The van der Waals surface area contributed by atoms with Crippen molar-refractivity contribution >= 4 is 17.0 Å². The van der Waals surface area contributed by atoms with Crippen LogP contribution in [0.15, 0.2) is 23.2 Å². The first-order valence-electron chi connectivity index (χ1n) is 7.11. The molecule has 1 unspecified atom stereocenters. The second-order valence-corrected chi connectivity index (χ2v) is 5.10. The van der Waals surface area contributed by atoms with E-state index >= 15 is 0 Å². The van der Waals surface area contributed by atoms with Crippen molar-refractivity contribution in [1.82, 2.24) is 14.9 Å². The smallest absolute Gasteiger partial charge is 0.189 e. The van der Waals surface area contributed by atoms with Gasteiger partial charge in [-0.1, -0.05) is 6.92 Å². The summed E-state index contributed by atoms with van der Waals surface area (Å²) in [5.41, 5.74) is 7.82. The van der Waals surface area contributed by atoms with Gasteiger partial charge in [-0.15, -0.1) is 0 Å². The molecule has 0 amide bonds. The molecular weight excluding hydrogens is 266 g/mol. The van der Waals surface area contributed by atoms with Gasteiger partial charge in [-0.3, -0.25) is 0 Å². The molecule has 2 aromatic rings. The van der Waals surface area contributed by atoms with Crippen molar-refractivity contribution in [2.24, 2.45) is 17.8 Å². The third kappa shape index (κ3) is 3.45. The van der Waals surface area contributed by atoms with Gasteiger partial charge in [-0.05, 0) is 25.5 Å². The fourth-order valence-electron chi connectivity index (χ4n) is 2.05. The normalized spacial score (nSPS) is 13.4. The van der Waals surface area contributed by atoms with Gasteiger partial charge >= 0.3 is 0 Å². The van der Waals surface area contributed by atoms with Crippen molar-refractivity contribution in [3.8, 4) is 5.75 Å². The molecule has 0 aliphatic rings. The van der Waals surface area contributed by atoms with E-state index in [0.29, 0.717) is 18.5 Å². The number of nitrogens with one attached hydrogen (secondary N) is 1. The number of aliphatic imine (C=N–C) groups is 1. The number of nitrogens with zero attached hydrogens (tertiary/aromatic N) is 3. The van der Waals surface area contributed by atoms with Gasteiger partial charge in [0.1, 0.15) is 18.1 Å². The molecule has 0 radical (unpaired) electrons. The third-order valence-electron chi connectivity index (χ3n) is 3.58. The van der Waals surface area contributed by atoms with Gasteiger partial charge in [0.05, 0.1) is 18.1 Å². The van der Waals surface area contributed by atoms with E-state index in [1.54, 1.807) is 7.11 Å². The van der Waals surface area contributed by atoms with E-state index < -0.39 is 0 Å². The van der Waals surface area contributed by atoms with E-state index in [9.17, 15) is 0 Å². The van der Waals surface area contributed by atoms with Crippen LogP contribution in [0.3, 0.4) is 0 Å². The molecule has 1 aromatic carbocycles. The van der Waals surface area contributed by atoms with Gasteiger partial charge < -0.3 is 20.4 Å². The summed E-state index contributed by atoms with van der Waals surface area (Å²) < 4.78 is 7.24. The highest BCUT2D eigenvalue weighted by Gasteiger charge is 2.08. The molecule has 6 heteroatoms. The number of hydrogen-bond acceptors (Lipinski definition) is 3. The molecular formula is C15H23N5O. The summed E-state index contributed by atoms with van der Waals surface area (Å²) in [4.78, 5) is 8.93. The Labute approximate surface area is 125 Å². The van der Waals surface area contributed by atoms with Crippen LogP contribution in [0.5, 0.6) is 5.75 Å². The van der Waals surface area contributed by atoms with Gasteiger partial charge in [0.15, 0.2) is 5.96 Å². The number of fused-ring (bicyclic) bond motifs is 1. The summed E-state index contributed by atoms with van der Waals surface area (Å²) >= 11 is 0. The summed E-state index contributed by atoms with van der Waals surface area (Å²) in [6, 6.07) is 6.16. The van der Waals surface area contributed by atoms with Crippen molar-refractivity contribution in [1.29, 1.82) is 0 Å². The first-order valence-corrected chi connectivity index (χ1v) is 7.11. The number of aromatic nitrogens is 2. The number of aryl methyl sites for hydroxylation is 1. The number of nitrogens with two attached hydrogens (primary N) is 1. The van der Waals surface area contributed by atoms with E-state index in [1.807, 2.05) is 29.8 Å². The molecule has 1 heterocycles. The van der Waals surface area contributed by atoms with Crippen molar-refractivity contribution < 1.29 is 4.74 Å². The first-order chi connectivity index (χ1) is 10.0. The van der Waals surface area contributed by atoms with E-state index in [4.69, 9.17) is 10.5 Å².